The van der Waals surface area contributed by atoms with E-state index in [1.54, 1.807) is 0 Å². The fraction of sp³-hybridized carbons (Fsp3) is 0.500. The van der Waals surface area contributed by atoms with Gasteiger partial charge in [-0.2, -0.15) is 0 Å². The first-order chi connectivity index (χ1) is 3.46. The molecule has 0 aliphatic heterocycles. The van der Waals surface area contributed by atoms with Crippen LogP contribution in [0.2, 0.25) is 0 Å². The molecule has 2 N–H and O–H groups in total. The normalized spacial score (nSPS) is 6.67. The number of carboxylic acid groups (broad SMARTS) is 2. The molecule has 9 heavy (non-hydrogen) atoms. The van der Waals surface area contributed by atoms with Crippen LogP contribution in [0.4, 0.5) is 4.79 Å². The Bertz CT molecular complexity index is 61.3. The molecule has 0 atom stereocenters. The Morgan fingerprint density at radius 1 is 1.22 bits per heavy atom. The SMILES string of the molecule is ClC(Cl)Cl.O=C(O)O.[NaH]. The maximum absolute atomic E-state index is 8.56. The Labute approximate surface area is 89.2 Å². The van der Waals surface area contributed by atoms with Gasteiger partial charge in [-0.1, -0.05) is 34.8 Å². The predicted molar refractivity (Wildman–Crippen MR) is 39.1 cm³/mol. The molecule has 0 fully saturated rings. The van der Waals surface area contributed by atoms with E-state index >= 15 is 0 Å². The second-order valence-electron chi connectivity index (χ2n) is 0.530. The van der Waals surface area contributed by atoms with Crippen molar-refractivity contribution in [1.82, 2.24) is 0 Å². The van der Waals surface area contributed by atoms with Crippen molar-refractivity contribution in [3.8, 4) is 0 Å². The van der Waals surface area contributed by atoms with Crippen molar-refractivity contribution in [2.24, 2.45) is 0 Å². The molecular weight excluding hydrogens is 201 g/mol. The van der Waals surface area contributed by atoms with Gasteiger partial charge in [-0.25, -0.2) is 4.79 Å². The first kappa shape index (κ1) is 16.6. The molecule has 0 amide bonds. The van der Waals surface area contributed by atoms with Gasteiger partial charge in [0.1, 0.15) is 0 Å². The van der Waals surface area contributed by atoms with E-state index in [2.05, 4.69) is 0 Å². The molecule has 7 heteroatoms. The third-order valence-electron chi connectivity index (χ3n) is 0. The van der Waals surface area contributed by atoms with Crippen LogP contribution in [0.5, 0.6) is 0 Å². The van der Waals surface area contributed by atoms with Gasteiger partial charge >= 0.3 is 35.7 Å². The Hall–Kier alpha value is 1.14. The third-order valence-corrected chi connectivity index (χ3v) is 0. The molecule has 3 nitrogen and oxygen atoms in total. The molecule has 0 spiro atoms. The van der Waals surface area contributed by atoms with E-state index < -0.39 is 10.5 Å². The van der Waals surface area contributed by atoms with Crippen LogP contribution in [-0.2, 0) is 0 Å². The van der Waals surface area contributed by atoms with Crippen LogP contribution in [-0.4, -0.2) is 50.2 Å². The van der Waals surface area contributed by atoms with E-state index in [9.17, 15) is 0 Å². The Morgan fingerprint density at radius 2 is 1.22 bits per heavy atom. The van der Waals surface area contributed by atoms with Gasteiger partial charge in [0.2, 0.25) is 0 Å². The van der Waals surface area contributed by atoms with E-state index in [-0.39, 0.29) is 29.6 Å². The summed E-state index contributed by atoms with van der Waals surface area (Å²) in [5.74, 6) is 0. The van der Waals surface area contributed by atoms with Crippen molar-refractivity contribution in [2.75, 3.05) is 0 Å². The summed E-state index contributed by atoms with van der Waals surface area (Å²) in [5, 5.41) is 13.9. The number of halogens is 3. The number of alkyl halides is 3. The Morgan fingerprint density at radius 3 is 1.22 bits per heavy atom. The van der Waals surface area contributed by atoms with Crippen LogP contribution in [0, 0.1) is 0 Å². The van der Waals surface area contributed by atoms with Crippen LogP contribution in [0.25, 0.3) is 0 Å². The van der Waals surface area contributed by atoms with E-state index in [0.717, 1.165) is 0 Å². The summed E-state index contributed by atoms with van der Waals surface area (Å²) < 4.78 is -0.750. The topological polar surface area (TPSA) is 57.5 Å². The summed E-state index contributed by atoms with van der Waals surface area (Å²) in [7, 11) is 0. The summed E-state index contributed by atoms with van der Waals surface area (Å²) in [4.78, 5) is 8.56. The molecule has 0 aliphatic carbocycles. The van der Waals surface area contributed by atoms with Gasteiger partial charge in [-0.15, -0.1) is 0 Å². The van der Waals surface area contributed by atoms with Crippen molar-refractivity contribution in [1.29, 1.82) is 0 Å². The molecule has 0 rings (SSSR count). The second-order valence-corrected chi connectivity index (χ2v) is 2.51. The van der Waals surface area contributed by atoms with Crippen LogP contribution >= 0.6 is 34.8 Å². The van der Waals surface area contributed by atoms with Crippen molar-refractivity contribution < 1.29 is 15.0 Å². The van der Waals surface area contributed by atoms with Crippen LogP contribution in [0.1, 0.15) is 0 Å². The molecule has 0 unspecified atom stereocenters. The molecule has 0 heterocycles. The molecule has 0 aromatic carbocycles. The van der Waals surface area contributed by atoms with Crippen molar-refractivity contribution in [3.63, 3.8) is 0 Å². The molecule has 0 bridgehead atoms. The average molecular weight is 205 g/mol. The predicted octanol–water partition coefficient (Wildman–Crippen LogP) is 1.56. The molecule has 0 aliphatic rings. The quantitative estimate of drug-likeness (QED) is 0.466. The molecule has 0 aromatic heterocycles. The van der Waals surface area contributed by atoms with Gasteiger partial charge in [-0.05, 0) is 0 Å². The van der Waals surface area contributed by atoms with Gasteiger partial charge in [0.15, 0.2) is 4.30 Å². The van der Waals surface area contributed by atoms with Gasteiger partial charge < -0.3 is 10.2 Å². The van der Waals surface area contributed by atoms with E-state index in [1.807, 2.05) is 0 Å². The van der Waals surface area contributed by atoms with E-state index in [1.165, 1.54) is 0 Å². The van der Waals surface area contributed by atoms with Crippen molar-refractivity contribution >= 4 is 70.5 Å². The maximum atomic E-state index is 8.56. The number of rotatable bonds is 0. The summed E-state index contributed by atoms with van der Waals surface area (Å²) in [6, 6.07) is 0. The van der Waals surface area contributed by atoms with Gasteiger partial charge in [-0.3, -0.25) is 0 Å². The second kappa shape index (κ2) is 11.9. The summed E-state index contributed by atoms with van der Waals surface area (Å²) >= 11 is 14.4. The van der Waals surface area contributed by atoms with E-state index in [0.29, 0.717) is 0 Å². The molecule has 52 valence electrons. The zero-order chi connectivity index (χ0) is 7.15. The van der Waals surface area contributed by atoms with Crippen molar-refractivity contribution in [2.45, 2.75) is 4.30 Å². The molecule has 0 aromatic rings. The van der Waals surface area contributed by atoms with Crippen molar-refractivity contribution in [3.05, 3.63) is 0 Å². The molecular formula is C2H4Cl3NaO3. The first-order valence-corrected chi connectivity index (χ1v) is 2.62. The van der Waals surface area contributed by atoms with Gasteiger partial charge in [0.25, 0.3) is 0 Å². The molecule has 0 radical (unpaired) electrons. The number of hydrogen-bond donors (Lipinski definition) is 2. The fourth-order valence-corrected chi connectivity index (χ4v) is 0. The summed E-state index contributed by atoms with van der Waals surface area (Å²) in [6.45, 7) is 0. The first-order valence-electron chi connectivity index (χ1n) is 1.31. The van der Waals surface area contributed by atoms with Crippen LogP contribution in [0.15, 0.2) is 0 Å². The third kappa shape index (κ3) is 359. The van der Waals surface area contributed by atoms with Gasteiger partial charge in [0, 0.05) is 0 Å². The van der Waals surface area contributed by atoms with Crippen LogP contribution in [0.3, 0.4) is 0 Å². The Kier molecular flexibility index (Phi) is 21.9. The monoisotopic (exact) mass is 204 g/mol. The zero-order valence-electron chi connectivity index (χ0n) is 3.51. The van der Waals surface area contributed by atoms with E-state index in [4.69, 9.17) is 49.8 Å². The number of hydrogen-bond acceptors (Lipinski definition) is 1. The standard InChI is InChI=1S/CHCl3.CH2O3.Na.H/c2*2-1(3)4;;/h1H;(H2,2,3,4);;. The fourth-order valence-electron chi connectivity index (χ4n) is 0. The van der Waals surface area contributed by atoms with Crippen LogP contribution < -0.4 is 0 Å². The number of carbonyl (C=O) groups is 1. The zero-order valence-corrected chi connectivity index (χ0v) is 5.78. The molecule has 0 saturated carbocycles. The summed E-state index contributed by atoms with van der Waals surface area (Å²) in [6.07, 6.45) is -1.83. The minimum atomic E-state index is -1.83. The Balaban J connectivity index is -0.0000000720. The van der Waals surface area contributed by atoms with Gasteiger partial charge in [0.05, 0.1) is 0 Å². The minimum absolute atomic E-state index is 0. The molecule has 0 saturated heterocycles. The summed E-state index contributed by atoms with van der Waals surface area (Å²) in [5.41, 5.74) is 0. The average Bonchev–Trinajstić information content (AvgIpc) is 1.25.